The number of ether oxygens (including phenoxy) is 1. The van der Waals surface area contributed by atoms with E-state index in [1.54, 1.807) is 14.1 Å². The number of aliphatic carboxylic acids is 1. The summed E-state index contributed by atoms with van der Waals surface area (Å²) in [5.41, 5.74) is -1.10. The Kier molecular flexibility index (Phi) is 3.43. The first kappa shape index (κ1) is 15.3. The molecule has 4 fully saturated rings. The number of hydrogen-bond acceptors (Lipinski definition) is 4. The van der Waals surface area contributed by atoms with Crippen molar-refractivity contribution in [2.75, 3.05) is 20.6 Å². The molecule has 0 aromatic heterocycles. The minimum absolute atomic E-state index is 0.0448. The monoisotopic (exact) mass is 310 g/mol. The summed E-state index contributed by atoms with van der Waals surface area (Å²) in [6, 6.07) is 0. The molecule has 2 N–H and O–H groups in total. The molecule has 1 saturated heterocycles. The van der Waals surface area contributed by atoms with Crippen molar-refractivity contribution in [3.05, 3.63) is 0 Å². The number of carboxylic acids is 1. The lowest BCUT2D eigenvalue weighted by molar-refractivity contribution is -0.220. The zero-order valence-electron chi connectivity index (χ0n) is 12.9. The highest BCUT2D eigenvalue weighted by molar-refractivity contribution is 5.93. The molecule has 2 atom stereocenters. The molecule has 1 heterocycles. The Morgan fingerprint density at radius 1 is 1.18 bits per heavy atom. The van der Waals surface area contributed by atoms with Gasteiger partial charge in [-0.2, -0.15) is 0 Å². The van der Waals surface area contributed by atoms with Crippen LogP contribution in [0.5, 0.6) is 0 Å². The smallest absolute Gasteiger partial charge is 0.309 e. The highest BCUT2D eigenvalue weighted by Gasteiger charge is 2.75. The van der Waals surface area contributed by atoms with Crippen LogP contribution in [0.3, 0.4) is 0 Å². The third-order valence-corrected chi connectivity index (χ3v) is 5.28. The number of likely N-dealkylation sites (N-methyl/N-ethyl adjacent to an activating group) is 1. The summed E-state index contributed by atoms with van der Waals surface area (Å²) >= 11 is 0. The second-order valence-corrected chi connectivity index (χ2v) is 7.16. The van der Waals surface area contributed by atoms with E-state index in [-0.39, 0.29) is 17.9 Å². The minimum atomic E-state index is -0.786. The Hall–Kier alpha value is -1.63. The van der Waals surface area contributed by atoms with Gasteiger partial charge in [-0.25, -0.2) is 0 Å². The lowest BCUT2D eigenvalue weighted by Crippen LogP contribution is -2.70. The molecule has 122 valence electrons. The van der Waals surface area contributed by atoms with E-state index in [2.05, 4.69) is 5.32 Å². The Morgan fingerprint density at radius 3 is 2.36 bits per heavy atom. The van der Waals surface area contributed by atoms with Crippen molar-refractivity contribution in [1.82, 2.24) is 10.2 Å². The standard InChI is InChI=1S/C15H22N2O5/c1-17(2)11(18)10-4-3-9(22-10)5-16-12(19)14-6-15(7-14,8-14)13(20)21/h9-10H,3-8H2,1-2H3,(H,16,19)(H,20,21). The maximum Gasteiger partial charge on any atom is 0.309 e. The van der Waals surface area contributed by atoms with Gasteiger partial charge in [0.05, 0.1) is 16.9 Å². The third kappa shape index (κ3) is 2.18. The van der Waals surface area contributed by atoms with Crippen LogP contribution in [0.1, 0.15) is 32.1 Å². The summed E-state index contributed by atoms with van der Waals surface area (Å²) in [5, 5.41) is 11.9. The summed E-state index contributed by atoms with van der Waals surface area (Å²) in [4.78, 5) is 36.6. The predicted molar refractivity (Wildman–Crippen MR) is 76.0 cm³/mol. The molecule has 3 aliphatic carbocycles. The second kappa shape index (κ2) is 4.94. The molecule has 22 heavy (non-hydrogen) atoms. The molecule has 0 radical (unpaired) electrons. The Balaban J connectivity index is 1.43. The molecule has 7 nitrogen and oxygen atoms in total. The van der Waals surface area contributed by atoms with E-state index >= 15 is 0 Å². The van der Waals surface area contributed by atoms with E-state index in [9.17, 15) is 14.4 Å². The van der Waals surface area contributed by atoms with Gasteiger partial charge in [-0.3, -0.25) is 14.4 Å². The van der Waals surface area contributed by atoms with Gasteiger partial charge in [-0.15, -0.1) is 0 Å². The zero-order chi connectivity index (χ0) is 16.1. The topological polar surface area (TPSA) is 95.9 Å². The molecular formula is C15H22N2O5. The Bertz CT molecular complexity index is 510. The summed E-state index contributed by atoms with van der Waals surface area (Å²) in [7, 11) is 3.39. The van der Waals surface area contributed by atoms with E-state index < -0.39 is 22.9 Å². The first-order chi connectivity index (χ1) is 10.3. The molecule has 2 amide bonds. The molecule has 2 bridgehead atoms. The normalized spacial score (nSPS) is 38.6. The minimum Gasteiger partial charge on any atom is -0.481 e. The molecule has 7 heteroatoms. The second-order valence-electron chi connectivity index (χ2n) is 7.16. The summed E-state index contributed by atoms with van der Waals surface area (Å²) in [6.07, 6.45) is 2.22. The van der Waals surface area contributed by atoms with Crippen molar-refractivity contribution in [3.8, 4) is 0 Å². The quantitative estimate of drug-likeness (QED) is 0.745. The summed E-state index contributed by atoms with van der Waals surface area (Å²) < 4.78 is 5.67. The van der Waals surface area contributed by atoms with Crippen molar-refractivity contribution < 1.29 is 24.2 Å². The summed E-state index contributed by atoms with van der Waals surface area (Å²) in [6.45, 7) is 0.387. The number of nitrogens with zero attached hydrogens (tertiary/aromatic N) is 1. The lowest BCUT2D eigenvalue weighted by Gasteiger charge is -2.66. The number of carbonyl (C=O) groups excluding carboxylic acids is 2. The van der Waals surface area contributed by atoms with Crippen molar-refractivity contribution in [3.63, 3.8) is 0 Å². The fraction of sp³-hybridized carbons (Fsp3) is 0.800. The number of nitrogens with one attached hydrogen (secondary N) is 1. The number of hydrogen-bond donors (Lipinski definition) is 2. The van der Waals surface area contributed by atoms with Gasteiger partial charge < -0.3 is 20.1 Å². The number of rotatable bonds is 5. The molecule has 0 aromatic carbocycles. The van der Waals surface area contributed by atoms with Gasteiger partial charge in [0.25, 0.3) is 5.91 Å². The maximum atomic E-state index is 12.2. The Morgan fingerprint density at radius 2 is 1.82 bits per heavy atom. The van der Waals surface area contributed by atoms with E-state index in [1.807, 2.05) is 0 Å². The number of amides is 2. The first-order valence-corrected chi connectivity index (χ1v) is 7.66. The average Bonchev–Trinajstić information content (AvgIpc) is 2.80. The van der Waals surface area contributed by atoms with Crippen LogP contribution in [0.2, 0.25) is 0 Å². The largest absolute Gasteiger partial charge is 0.481 e. The van der Waals surface area contributed by atoms with Gasteiger partial charge in [-0.05, 0) is 32.1 Å². The van der Waals surface area contributed by atoms with Crippen LogP contribution in [0.4, 0.5) is 0 Å². The van der Waals surface area contributed by atoms with Crippen LogP contribution in [-0.2, 0) is 19.1 Å². The highest BCUT2D eigenvalue weighted by Crippen LogP contribution is 2.73. The van der Waals surface area contributed by atoms with Crippen LogP contribution in [-0.4, -0.2) is 60.6 Å². The molecule has 1 aliphatic heterocycles. The van der Waals surface area contributed by atoms with Gasteiger partial charge in [0, 0.05) is 20.6 Å². The van der Waals surface area contributed by atoms with E-state index in [1.165, 1.54) is 4.90 Å². The van der Waals surface area contributed by atoms with Gasteiger partial charge in [0.15, 0.2) is 0 Å². The van der Waals surface area contributed by atoms with Crippen molar-refractivity contribution in [2.45, 2.75) is 44.3 Å². The van der Waals surface area contributed by atoms with Gasteiger partial charge in [0.1, 0.15) is 6.10 Å². The third-order valence-electron chi connectivity index (χ3n) is 5.28. The lowest BCUT2D eigenvalue weighted by atomic mass is 9.35. The highest BCUT2D eigenvalue weighted by atomic mass is 16.5. The van der Waals surface area contributed by atoms with E-state index in [0.717, 1.165) is 6.42 Å². The van der Waals surface area contributed by atoms with Crippen LogP contribution in [0, 0.1) is 10.8 Å². The zero-order valence-corrected chi connectivity index (χ0v) is 12.9. The SMILES string of the molecule is CN(C)C(=O)C1CCC(CNC(=O)C23CC(C(=O)O)(C2)C3)O1. The fourth-order valence-electron chi connectivity index (χ4n) is 3.98. The molecule has 3 saturated carbocycles. The first-order valence-electron chi connectivity index (χ1n) is 7.66. The van der Waals surface area contributed by atoms with Crippen molar-refractivity contribution in [2.24, 2.45) is 10.8 Å². The number of carbonyl (C=O) groups is 3. The molecule has 0 aromatic rings. The molecular weight excluding hydrogens is 288 g/mol. The van der Waals surface area contributed by atoms with E-state index in [0.29, 0.717) is 32.2 Å². The Labute approximate surface area is 129 Å². The van der Waals surface area contributed by atoms with Crippen LogP contribution < -0.4 is 5.32 Å². The van der Waals surface area contributed by atoms with Crippen LogP contribution in [0.25, 0.3) is 0 Å². The van der Waals surface area contributed by atoms with Crippen LogP contribution in [0.15, 0.2) is 0 Å². The maximum absolute atomic E-state index is 12.2. The van der Waals surface area contributed by atoms with E-state index in [4.69, 9.17) is 9.84 Å². The molecule has 2 unspecified atom stereocenters. The van der Waals surface area contributed by atoms with Crippen molar-refractivity contribution >= 4 is 17.8 Å². The van der Waals surface area contributed by atoms with Gasteiger partial charge in [-0.1, -0.05) is 0 Å². The predicted octanol–water partition coefficient (Wildman–Crippen LogP) is -0.00670. The fourth-order valence-corrected chi connectivity index (χ4v) is 3.98. The molecule has 4 aliphatic rings. The number of carboxylic acid groups (broad SMARTS) is 1. The van der Waals surface area contributed by atoms with Gasteiger partial charge in [0.2, 0.25) is 5.91 Å². The van der Waals surface area contributed by atoms with Gasteiger partial charge >= 0.3 is 5.97 Å². The average molecular weight is 310 g/mol. The molecule has 4 rings (SSSR count). The van der Waals surface area contributed by atoms with Crippen LogP contribution >= 0.6 is 0 Å². The van der Waals surface area contributed by atoms with Crippen molar-refractivity contribution in [1.29, 1.82) is 0 Å². The summed E-state index contributed by atoms with van der Waals surface area (Å²) in [5.74, 6) is -0.899. The molecule has 0 spiro atoms.